The zero-order valence-electron chi connectivity index (χ0n) is 7.78. The van der Waals surface area contributed by atoms with Gasteiger partial charge in [0.15, 0.2) is 5.76 Å². The Morgan fingerprint density at radius 2 is 1.93 bits per heavy atom. The van der Waals surface area contributed by atoms with Gasteiger partial charge >= 0.3 is 10.1 Å². The molecule has 0 N–H and O–H groups in total. The number of hydrogen-bond acceptors (Lipinski definition) is 3. The summed E-state index contributed by atoms with van der Waals surface area (Å²) in [6.45, 7) is 0. The van der Waals surface area contributed by atoms with Gasteiger partial charge in [0.05, 0.1) is 6.26 Å². The minimum Gasteiger partial charge on any atom is -0.381 e. The zero-order valence-corrected chi connectivity index (χ0v) is 10.2. The van der Waals surface area contributed by atoms with Gasteiger partial charge < -0.3 is 4.18 Å². The Hall–Kier alpha value is -0.880. The Balaban J connectivity index is 3.00. The molecule has 1 rings (SSSR count). The maximum Gasteiger partial charge on any atom is 0.306 e. The van der Waals surface area contributed by atoms with Crippen LogP contribution in [-0.2, 0) is 14.3 Å². The number of hydrogen-bond donors (Lipinski definition) is 0. The Morgan fingerprint density at radius 3 is 2.33 bits per heavy atom. The van der Waals surface area contributed by atoms with Crippen molar-refractivity contribution in [2.45, 2.75) is 0 Å². The molecule has 0 saturated carbocycles. The molecule has 0 radical (unpaired) electrons. The van der Waals surface area contributed by atoms with E-state index in [0.29, 0.717) is 5.56 Å². The lowest BCUT2D eigenvalue weighted by Crippen LogP contribution is -2.01. The van der Waals surface area contributed by atoms with Crippen molar-refractivity contribution in [3.05, 3.63) is 40.6 Å². The van der Waals surface area contributed by atoms with Gasteiger partial charge in [-0.2, -0.15) is 8.42 Å². The topological polar surface area (TPSA) is 43.4 Å². The third kappa shape index (κ3) is 4.01. The molecule has 0 atom stereocenters. The second kappa shape index (κ2) is 4.76. The van der Waals surface area contributed by atoms with Crippen molar-refractivity contribution >= 4 is 31.8 Å². The first kappa shape index (κ1) is 12.2. The highest BCUT2D eigenvalue weighted by atomic mass is 79.9. The molecular formula is C9H8BrFO3S. The molecular weight excluding hydrogens is 287 g/mol. The molecule has 0 spiro atoms. The molecule has 6 heteroatoms. The van der Waals surface area contributed by atoms with Crippen LogP contribution in [0.5, 0.6) is 0 Å². The van der Waals surface area contributed by atoms with E-state index in [2.05, 4.69) is 20.1 Å². The third-order valence-corrected chi connectivity index (χ3v) is 2.37. The summed E-state index contributed by atoms with van der Waals surface area (Å²) >= 11 is 2.98. The second-order valence-corrected chi connectivity index (χ2v) is 4.80. The summed E-state index contributed by atoms with van der Waals surface area (Å²) in [5, 5.41) is 0. The fraction of sp³-hybridized carbons (Fsp3) is 0.111. The molecule has 0 aliphatic heterocycles. The first-order valence-corrected chi connectivity index (χ1v) is 6.61. The maximum atomic E-state index is 12.6. The van der Waals surface area contributed by atoms with Crippen LogP contribution < -0.4 is 0 Å². The summed E-state index contributed by atoms with van der Waals surface area (Å²) in [6, 6.07) is 5.29. The average molecular weight is 295 g/mol. The molecule has 0 bridgehead atoms. The molecule has 1 aromatic carbocycles. The predicted octanol–water partition coefficient (Wildman–Crippen LogP) is 2.50. The molecule has 82 valence electrons. The minimum absolute atomic E-state index is 0.109. The monoisotopic (exact) mass is 294 g/mol. The quantitative estimate of drug-likeness (QED) is 0.635. The van der Waals surface area contributed by atoms with Gasteiger partial charge in [-0.15, -0.1) is 0 Å². The lowest BCUT2D eigenvalue weighted by Gasteiger charge is -2.06. The van der Waals surface area contributed by atoms with Crippen molar-refractivity contribution in [3.8, 4) is 0 Å². The van der Waals surface area contributed by atoms with Crippen LogP contribution in [0.2, 0.25) is 0 Å². The van der Waals surface area contributed by atoms with Gasteiger partial charge in [0.1, 0.15) is 5.82 Å². The van der Waals surface area contributed by atoms with E-state index in [0.717, 1.165) is 6.26 Å². The summed E-state index contributed by atoms with van der Waals surface area (Å²) in [6.07, 6.45) is 0.938. The van der Waals surface area contributed by atoms with Crippen LogP contribution in [0.3, 0.4) is 0 Å². The van der Waals surface area contributed by atoms with Crippen LogP contribution in [-0.4, -0.2) is 14.7 Å². The van der Waals surface area contributed by atoms with Crippen molar-refractivity contribution in [2.75, 3.05) is 6.26 Å². The predicted molar refractivity (Wildman–Crippen MR) is 59.2 cm³/mol. The summed E-state index contributed by atoms with van der Waals surface area (Å²) in [5.74, 6) is -0.287. The average Bonchev–Trinajstić information content (AvgIpc) is 2.14. The molecule has 0 heterocycles. The lowest BCUT2D eigenvalue weighted by atomic mass is 10.2. The Bertz CT molecular complexity index is 465. The minimum atomic E-state index is -3.59. The van der Waals surface area contributed by atoms with Crippen LogP contribution in [0, 0.1) is 5.82 Å². The van der Waals surface area contributed by atoms with E-state index in [1.165, 1.54) is 29.3 Å². The van der Waals surface area contributed by atoms with Gasteiger partial charge in [-0.3, -0.25) is 0 Å². The SMILES string of the molecule is CS(=O)(=O)O/C(=C\Br)c1ccc(F)cc1. The van der Waals surface area contributed by atoms with Crippen LogP contribution in [0.15, 0.2) is 29.3 Å². The second-order valence-electron chi connectivity index (χ2n) is 2.77. The van der Waals surface area contributed by atoms with Gasteiger partial charge in [0.2, 0.25) is 0 Å². The van der Waals surface area contributed by atoms with E-state index >= 15 is 0 Å². The van der Waals surface area contributed by atoms with E-state index in [1.54, 1.807) is 0 Å². The molecule has 3 nitrogen and oxygen atoms in total. The van der Waals surface area contributed by atoms with Gasteiger partial charge in [0, 0.05) is 10.5 Å². The van der Waals surface area contributed by atoms with Gasteiger partial charge in [-0.1, -0.05) is 15.9 Å². The van der Waals surface area contributed by atoms with Gasteiger partial charge in [0.25, 0.3) is 0 Å². The molecule has 0 unspecified atom stereocenters. The number of rotatable bonds is 3. The number of benzene rings is 1. The highest BCUT2D eigenvalue weighted by Gasteiger charge is 2.09. The fourth-order valence-electron chi connectivity index (χ4n) is 0.907. The molecule has 1 aromatic rings. The summed E-state index contributed by atoms with van der Waals surface area (Å²) in [5.41, 5.74) is 0.471. The zero-order chi connectivity index (χ0) is 11.5. The summed E-state index contributed by atoms with van der Waals surface area (Å²) < 4.78 is 39.0. The largest absolute Gasteiger partial charge is 0.381 e. The summed E-state index contributed by atoms with van der Waals surface area (Å²) in [4.78, 5) is 1.32. The highest BCUT2D eigenvalue weighted by molar-refractivity contribution is 9.11. The van der Waals surface area contributed by atoms with Crippen LogP contribution in [0.4, 0.5) is 4.39 Å². The van der Waals surface area contributed by atoms with Gasteiger partial charge in [-0.25, -0.2) is 4.39 Å². The highest BCUT2D eigenvalue weighted by Crippen LogP contribution is 2.19. The molecule has 0 aromatic heterocycles. The van der Waals surface area contributed by atoms with Gasteiger partial charge in [-0.05, 0) is 24.3 Å². The smallest absolute Gasteiger partial charge is 0.306 e. The summed E-state index contributed by atoms with van der Waals surface area (Å²) in [7, 11) is -3.59. The lowest BCUT2D eigenvalue weighted by molar-refractivity contribution is 0.470. The van der Waals surface area contributed by atoms with Crippen molar-refractivity contribution in [1.29, 1.82) is 0 Å². The first-order chi connectivity index (χ1) is 6.92. The van der Waals surface area contributed by atoms with Crippen molar-refractivity contribution in [3.63, 3.8) is 0 Å². The first-order valence-electron chi connectivity index (χ1n) is 3.88. The maximum absolute atomic E-state index is 12.6. The van der Waals surface area contributed by atoms with E-state index in [-0.39, 0.29) is 5.76 Å². The van der Waals surface area contributed by atoms with E-state index in [1.807, 2.05) is 0 Å². The third-order valence-electron chi connectivity index (χ3n) is 1.47. The fourth-order valence-corrected chi connectivity index (χ4v) is 1.86. The van der Waals surface area contributed by atoms with E-state index in [9.17, 15) is 12.8 Å². The Kier molecular flexibility index (Phi) is 3.87. The molecule has 0 aliphatic rings. The molecule has 0 amide bonds. The van der Waals surface area contributed by atoms with E-state index < -0.39 is 15.9 Å². The van der Waals surface area contributed by atoms with E-state index in [4.69, 9.17) is 0 Å². The normalized spacial score (nSPS) is 12.6. The van der Waals surface area contributed by atoms with Crippen LogP contribution in [0.25, 0.3) is 5.76 Å². The Labute approximate surface area is 95.8 Å². The van der Waals surface area contributed by atoms with Crippen molar-refractivity contribution in [2.24, 2.45) is 0 Å². The number of halogens is 2. The molecule has 0 saturated heterocycles. The van der Waals surface area contributed by atoms with Crippen molar-refractivity contribution < 1.29 is 17.0 Å². The Morgan fingerprint density at radius 1 is 1.40 bits per heavy atom. The molecule has 0 fully saturated rings. The molecule has 0 aliphatic carbocycles. The van der Waals surface area contributed by atoms with Crippen molar-refractivity contribution in [1.82, 2.24) is 0 Å². The van der Waals surface area contributed by atoms with Crippen LogP contribution in [0.1, 0.15) is 5.56 Å². The standard InChI is InChI=1S/C9H8BrFO3S/c1-15(12,13)14-9(6-10)7-2-4-8(11)5-3-7/h2-6H,1H3/b9-6-. The van der Waals surface area contributed by atoms with Crippen LogP contribution >= 0.6 is 15.9 Å². The molecule has 15 heavy (non-hydrogen) atoms.